The second-order valence-corrected chi connectivity index (χ2v) is 6.81. The van der Waals surface area contributed by atoms with Crippen LogP contribution >= 0.6 is 0 Å². The molecule has 0 spiro atoms. The van der Waals surface area contributed by atoms with Crippen LogP contribution in [0.15, 0.2) is 42.9 Å². The van der Waals surface area contributed by atoms with Crippen molar-refractivity contribution in [3.8, 4) is 16.9 Å². The number of fused-ring (bicyclic) bond motifs is 1. The predicted molar refractivity (Wildman–Crippen MR) is 106 cm³/mol. The maximum atomic E-state index is 6.19. The van der Waals surface area contributed by atoms with Crippen molar-refractivity contribution in [2.75, 3.05) is 30.4 Å². The van der Waals surface area contributed by atoms with Crippen molar-refractivity contribution in [3.05, 3.63) is 42.9 Å². The first-order valence-corrected chi connectivity index (χ1v) is 9.16. The lowest BCUT2D eigenvalue weighted by molar-refractivity contribution is 0.0986. The van der Waals surface area contributed by atoms with Crippen LogP contribution in [0.25, 0.3) is 28.0 Å². The molecule has 4 aromatic rings. The lowest BCUT2D eigenvalue weighted by atomic mass is 10.0. The Labute approximate surface area is 161 Å². The number of aromatic nitrogens is 6. The van der Waals surface area contributed by atoms with Gasteiger partial charge in [0.15, 0.2) is 11.5 Å². The number of pyridine rings is 2. The average Bonchev–Trinajstić information content (AvgIpc) is 3.37. The van der Waals surface area contributed by atoms with Gasteiger partial charge in [-0.05, 0) is 25.1 Å². The molecule has 1 saturated heterocycles. The van der Waals surface area contributed by atoms with Crippen LogP contribution in [-0.2, 0) is 4.74 Å². The normalized spacial score (nSPS) is 17.3. The zero-order valence-electron chi connectivity index (χ0n) is 15.4. The summed E-state index contributed by atoms with van der Waals surface area (Å²) in [6.07, 6.45) is 5.25. The van der Waals surface area contributed by atoms with Gasteiger partial charge in [-0.25, -0.2) is 9.97 Å². The molecule has 9 nitrogen and oxygen atoms in total. The van der Waals surface area contributed by atoms with E-state index in [1.807, 2.05) is 18.2 Å². The summed E-state index contributed by atoms with van der Waals surface area (Å²) in [5.74, 6) is 2.02. The van der Waals surface area contributed by atoms with Crippen LogP contribution in [0.1, 0.15) is 6.92 Å². The fourth-order valence-corrected chi connectivity index (χ4v) is 3.61. The number of nitrogens with zero attached hydrogens (tertiary/aromatic N) is 6. The maximum Gasteiger partial charge on any atom is 0.177 e. The van der Waals surface area contributed by atoms with E-state index in [2.05, 4.69) is 38.2 Å². The maximum absolute atomic E-state index is 6.19. The highest BCUT2D eigenvalue weighted by molar-refractivity contribution is 5.97. The summed E-state index contributed by atoms with van der Waals surface area (Å²) < 4.78 is 7.32. The molecule has 1 unspecified atom stereocenters. The Kier molecular flexibility index (Phi) is 3.94. The minimum absolute atomic E-state index is 0.222. The van der Waals surface area contributed by atoms with E-state index in [-0.39, 0.29) is 6.04 Å². The van der Waals surface area contributed by atoms with Crippen LogP contribution in [0.3, 0.4) is 0 Å². The Morgan fingerprint density at radius 1 is 1.25 bits per heavy atom. The quantitative estimate of drug-likeness (QED) is 0.563. The number of hydrogen-bond acceptors (Lipinski definition) is 7. The van der Waals surface area contributed by atoms with Gasteiger partial charge in [-0.15, -0.1) is 0 Å². The SMILES string of the molecule is CC1COCCN1c1cc(-c2cccnc2N)c2cnn(-c3cc[nH]n3)c2n1. The van der Waals surface area contributed by atoms with E-state index in [1.165, 1.54) is 0 Å². The lowest BCUT2D eigenvalue weighted by Crippen LogP contribution is -2.44. The third-order valence-corrected chi connectivity index (χ3v) is 5.02. The van der Waals surface area contributed by atoms with Gasteiger partial charge in [0.05, 0.1) is 25.5 Å². The fourth-order valence-electron chi connectivity index (χ4n) is 3.61. The Morgan fingerprint density at radius 3 is 2.96 bits per heavy atom. The van der Waals surface area contributed by atoms with Gasteiger partial charge in [-0.3, -0.25) is 5.10 Å². The number of hydrogen-bond donors (Lipinski definition) is 2. The third-order valence-electron chi connectivity index (χ3n) is 5.02. The molecule has 1 atom stereocenters. The number of nitrogens with one attached hydrogen (secondary N) is 1. The standard InChI is InChI=1S/C19H20N8O/c1-12-11-28-8-7-26(12)17-9-14(13-3-2-5-21-18(13)20)15-10-23-27(19(15)24-17)16-4-6-22-25-16/h2-6,9-10,12H,7-8,11H2,1H3,(H2,20,21)(H,22,25). The molecule has 0 aliphatic carbocycles. The Hall–Kier alpha value is -3.46. The van der Waals surface area contributed by atoms with Crippen LogP contribution in [0.2, 0.25) is 0 Å². The van der Waals surface area contributed by atoms with Gasteiger partial charge in [0, 0.05) is 41.5 Å². The Balaban J connectivity index is 1.77. The molecule has 9 heteroatoms. The predicted octanol–water partition coefficient (Wildman–Crippen LogP) is 2.01. The van der Waals surface area contributed by atoms with E-state index < -0.39 is 0 Å². The van der Waals surface area contributed by atoms with Crippen molar-refractivity contribution >= 4 is 22.7 Å². The van der Waals surface area contributed by atoms with Gasteiger partial charge in [-0.2, -0.15) is 14.9 Å². The Bertz CT molecular complexity index is 1120. The molecule has 28 heavy (non-hydrogen) atoms. The molecule has 3 N–H and O–H groups in total. The molecular weight excluding hydrogens is 356 g/mol. The number of nitrogens with two attached hydrogens (primary N) is 1. The first-order valence-electron chi connectivity index (χ1n) is 9.16. The monoisotopic (exact) mass is 376 g/mol. The summed E-state index contributed by atoms with van der Waals surface area (Å²) in [6, 6.07) is 7.99. The second kappa shape index (κ2) is 6.61. The van der Waals surface area contributed by atoms with Gasteiger partial charge in [-0.1, -0.05) is 0 Å². The van der Waals surface area contributed by atoms with E-state index in [4.69, 9.17) is 15.5 Å². The first-order chi connectivity index (χ1) is 13.7. The number of morpholine rings is 1. The topological polar surface area (TPSA) is 111 Å². The number of nitrogen functional groups attached to an aromatic ring is 1. The van der Waals surface area contributed by atoms with Crippen molar-refractivity contribution < 1.29 is 4.74 Å². The number of ether oxygens (including phenoxy) is 1. The molecule has 0 radical (unpaired) electrons. The molecule has 5 heterocycles. The smallest absolute Gasteiger partial charge is 0.177 e. The summed E-state index contributed by atoms with van der Waals surface area (Å²) in [5.41, 5.74) is 8.72. The Morgan fingerprint density at radius 2 is 2.18 bits per heavy atom. The highest BCUT2D eigenvalue weighted by Gasteiger charge is 2.24. The molecule has 0 saturated carbocycles. The molecule has 142 valence electrons. The first kappa shape index (κ1) is 16.7. The summed E-state index contributed by atoms with van der Waals surface area (Å²) in [5, 5.41) is 12.5. The second-order valence-electron chi connectivity index (χ2n) is 6.81. The summed E-state index contributed by atoms with van der Waals surface area (Å²) in [7, 11) is 0. The summed E-state index contributed by atoms with van der Waals surface area (Å²) in [6.45, 7) is 4.25. The third kappa shape index (κ3) is 2.67. The molecule has 0 bridgehead atoms. The largest absolute Gasteiger partial charge is 0.383 e. The van der Waals surface area contributed by atoms with Gasteiger partial charge < -0.3 is 15.4 Å². The van der Waals surface area contributed by atoms with E-state index in [0.29, 0.717) is 24.8 Å². The molecule has 0 aromatic carbocycles. The number of rotatable bonds is 3. The average molecular weight is 376 g/mol. The van der Waals surface area contributed by atoms with Gasteiger partial charge >= 0.3 is 0 Å². The molecule has 1 aliphatic heterocycles. The van der Waals surface area contributed by atoms with Crippen LogP contribution in [0, 0.1) is 0 Å². The van der Waals surface area contributed by atoms with Gasteiger partial charge in [0.25, 0.3) is 0 Å². The van der Waals surface area contributed by atoms with Crippen molar-refractivity contribution in [1.82, 2.24) is 29.9 Å². The summed E-state index contributed by atoms with van der Waals surface area (Å²) in [4.78, 5) is 11.4. The molecule has 5 rings (SSSR count). The zero-order chi connectivity index (χ0) is 19.1. The van der Waals surface area contributed by atoms with Crippen molar-refractivity contribution in [1.29, 1.82) is 0 Å². The van der Waals surface area contributed by atoms with Gasteiger partial charge in [0.1, 0.15) is 11.6 Å². The number of anilines is 2. The van der Waals surface area contributed by atoms with E-state index in [1.54, 1.807) is 23.3 Å². The van der Waals surface area contributed by atoms with Crippen molar-refractivity contribution in [2.45, 2.75) is 13.0 Å². The van der Waals surface area contributed by atoms with Crippen molar-refractivity contribution in [2.24, 2.45) is 0 Å². The minimum Gasteiger partial charge on any atom is -0.383 e. The number of aromatic amines is 1. The molecule has 4 aromatic heterocycles. The lowest BCUT2D eigenvalue weighted by Gasteiger charge is -2.34. The van der Waals surface area contributed by atoms with Crippen LogP contribution in [-0.4, -0.2) is 55.7 Å². The van der Waals surface area contributed by atoms with Crippen LogP contribution < -0.4 is 10.6 Å². The molecular formula is C19H20N8O. The number of H-pyrrole nitrogens is 1. The fraction of sp³-hybridized carbons (Fsp3) is 0.263. The van der Waals surface area contributed by atoms with Crippen molar-refractivity contribution in [3.63, 3.8) is 0 Å². The zero-order valence-corrected chi connectivity index (χ0v) is 15.4. The highest BCUT2D eigenvalue weighted by Crippen LogP contribution is 2.35. The van der Waals surface area contributed by atoms with E-state index in [0.717, 1.165) is 34.5 Å². The van der Waals surface area contributed by atoms with E-state index >= 15 is 0 Å². The minimum atomic E-state index is 0.222. The van der Waals surface area contributed by atoms with Gasteiger partial charge in [0.2, 0.25) is 0 Å². The molecule has 1 fully saturated rings. The summed E-state index contributed by atoms with van der Waals surface area (Å²) >= 11 is 0. The van der Waals surface area contributed by atoms with Crippen LogP contribution in [0.4, 0.5) is 11.6 Å². The van der Waals surface area contributed by atoms with Crippen LogP contribution in [0.5, 0.6) is 0 Å². The molecule has 1 aliphatic rings. The highest BCUT2D eigenvalue weighted by atomic mass is 16.5. The molecule has 0 amide bonds. The van der Waals surface area contributed by atoms with E-state index in [9.17, 15) is 0 Å².